The topological polar surface area (TPSA) is 26.3 Å². The van der Waals surface area contributed by atoms with Gasteiger partial charge in [-0.15, -0.1) is 0 Å². The quantitative estimate of drug-likeness (QED) is 0.802. The van der Waals surface area contributed by atoms with Crippen LogP contribution >= 0.6 is 11.6 Å². The molecule has 0 spiro atoms. The highest BCUT2D eigenvalue weighted by atomic mass is 35.5. The number of carbonyl (C=O) groups is 1. The molecule has 0 aliphatic heterocycles. The molecule has 0 N–H and O–H groups in total. The van der Waals surface area contributed by atoms with Gasteiger partial charge in [-0.25, -0.2) is 0 Å². The van der Waals surface area contributed by atoms with Gasteiger partial charge in [0.15, 0.2) is 0 Å². The fourth-order valence-corrected chi connectivity index (χ4v) is 1.84. The molecule has 0 heterocycles. The normalized spacial score (nSPS) is 10.0. The average molecular weight is 239 g/mol. The van der Waals surface area contributed by atoms with Crippen molar-refractivity contribution in [1.82, 2.24) is 0 Å². The monoisotopic (exact) mass is 238 g/mol. The van der Waals surface area contributed by atoms with Crippen molar-refractivity contribution in [3.05, 3.63) is 34.9 Å². The molecule has 0 atom stereocenters. The number of Topliss-reactive ketones (excluding diaryl/α,β-unsaturated/α-hetero) is 1. The lowest BCUT2D eigenvalue weighted by Gasteiger charge is -2.11. The fraction of sp³-hybridized carbons (Fsp3) is 0.308. The van der Waals surface area contributed by atoms with Gasteiger partial charge in [0, 0.05) is 12.0 Å². The van der Waals surface area contributed by atoms with Crippen molar-refractivity contribution in [3.8, 4) is 5.75 Å². The summed E-state index contributed by atoms with van der Waals surface area (Å²) in [5.74, 6) is 0.735. The molecule has 0 saturated carbocycles. The zero-order valence-corrected chi connectivity index (χ0v) is 10.5. The van der Waals surface area contributed by atoms with Gasteiger partial charge in [-0.3, -0.25) is 4.79 Å². The van der Waals surface area contributed by atoms with E-state index in [0.29, 0.717) is 17.2 Å². The Morgan fingerprint density at radius 3 is 2.50 bits per heavy atom. The number of hydrogen-bond acceptors (Lipinski definition) is 2. The molecular formula is C13H15ClO2. The van der Waals surface area contributed by atoms with Crippen LogP contribution in [0.2, 0.25) is 5.02 Å². The number of ketones is 1. The Morgan fingerprint density at radius 2 is 2.06 bits per heavy atom. The number of halogens is 1. The van der Waals surface area contributed by atoms with Crippen LogP contribution in [0.4, 0.5) is 0 Å². The summed E-state index contributed by atoms with van der Waals surface area (Å²) >= 11 is 6.09. The zero-order valence-electron chi connectivity index (χ0n) is 9.76. The minimum Gasteiger partial charge on any atom is -0.496 e. The Hall–Kier alpha value is -1.28. The SMILES string of the molecule is C=C(C)c1cc(CC(C)=O)c(OC)cc1Cl. The van der Waals surface area contributed by atoms with Crippen LogP contribution < -0.4 is 4.74 Å². The van der Waals surface area contributed by atoms with Crippen LogP contribution in [0.5, 0.6) is 5.75 Å². The van der Waals surface area contributed by atoms with Gasteiger partial charge in [-0.2, -0.15) is 0 Å². The molecule has 1 aromatic rings. The molecule has 0 aliphatic carbocycles. The van der Waals surface area contributed by atoms with Crippen LogP contribution in [-0.4, -0.2) is 12.9 Å². The van der Waals surface area contributed by atoms with Gasteiger partial charge < -0.3 is 4.74 Å². The van der Waals surface area contributed by atoms with Crippen LogP contribution in [0, 0.1) is 0 Å². The van der Waals surface area contributed by atoms with Gasteiger partial charge in [0.25, 0.3) is 0 Å². The van der Waals surface area contributed by atoms with E-state index in [1.54, 1.807) is 20.1 Å². The number of hydrogen-bond donors (Lipinski definition) is 0. The highest BCUT2D eigenvalue weighted by Crippen LogP contribution is 2.31. The largest absolute Gasteiger partial charge is 0.496 e. The van der Waals surface area contributed by atoms with Gasteiger partial charge in [0.05, 0.1) is 12.1 Å². The van der Waals surface area contributed by atoms with E-state index in [1.165, 1.54) is 0 Å². The number of carbonyl (C=O) groups excluding carboxylic acids is 1. The smallest absolute Gasteiger partial charge is 0.134 e. The van der Waals surface area contributed by atoms with Crippen molar-refractivity contribution in [2.45, 2.75) is 20.3 Å². The summed E-state index contributed by atoms with van der Waals surface area (Å²) in [6, 6.07) is 3.59. The molecule has 1 rings (SSSR count). The molecule has 86 valence electrons. The van der Waals surface area contributed by atoms with E-state index in [0.717, 1.165) is 16.7 Å². The summed E-state index contributed by atoms with van der Waals surface area (Å²) < 4.78 is 5.20. The van der Waals surface area contributed by atoms with Crippen LogP contribution in [0.1, 0.15) is 25.0 Å². The lowest BCUT2D eigenvalue weighted by atomic mass is 10.0. The molecule has 16 heavy (non-hydrogen) atoms. The van der Waals surface area contributed by atoms with Gasteiger partial charge in [-0.1, -0.05) is 18.2 Å². The first-order valence-corrected chi connectivity index (χ1v) is 5.35. The zero-order chi connectivity index (χ0) is 12.3. The maximum absolute atomic E-state index is 11.1. The Morgan fingerprint density at radius 1 is 1.44 bits per heavy atom. The number of benzene rings is 1. The summed E-state index contributed by atoms with van der Waals surface area (Å²) in [7, 11) is 1.57. The maximum Gasteiger partial charge on any atom is 0.134 e. The van der Waals surface area contributed by atoms with E-state index >= 15 is 0 Å². The molecule has 0 saturated heterocycles. The second-order valence-corrected chi connectivity index (χ2v) is 4.21. The highest BCUT2D eigenvalue weighted by molar-refractivity contribution is 6.32. The minimum absolute atomic E-state index is 0.0910. The summed E-state index contributed by atoms with van der Waals surface area (Å²) in [4.78, 5) is 11.1. The third-order valence-corrected chi connectivity index (χ3v) is 2.58. The highest BCUT2D eigenvalue weighted by Gasteiger charge is 2.11. The predicted molar refractivity (Wildman–Crippen MR) is 67.1 cm³/mol. The Balaban J connectivity index is 3.28. The summed E-state index contributed by atoms with van der Waals surface area (Å²) in [6.45, 7) is 7.28. The fourth-order valence-electron chi connectivity index (χ4n) is 1.52. The molecule has 0 aliphatic rings. The second kappa shape index (κ2) is 5.17. The molecule has 0 aromatic heterocycles. The maximum atomic E-state index is 11.1. The lowest BCUT2D eigenvalue weighted by molar-refractivity contribution is -0.116. The Labute approximate surface area is 101 Å². The number of ether oxygens (including phenoxy) is 1. The van der Waals surface area contributed by atoms with E-state index in [1.807, 2.05) is 13.0 Å². The van der Waals surface area contributed by atoms with Crippen molar-refractivity contribution in [1.29, 1.82) is 0 Å². The van der Waals surface area contributed by atoms with Crippen molar-refractivity contribution >= 4 is 23.0 Å². The lowest BCUT2D eigenvalue weighted by Crippen LogP contribution is -2.01. The molecule has 2 nitrogen and oxygen atoms in total. The van der Waals surface area contributed by atoms with E-state index in [2.05, 4.69) is 6.58 Å². The van der Waals surface area contributed by atoms with Gasteiger partial charge in [0.2, 0.25) is 0 Å². The van der Waals surface area contributed by atoms with Crippen molar-refractivity contribution in [2.75, 3.05) is 7.11 Å². The van der Waals surface area contributed by atoms with Gasteiger partial charge in [-0.05, 0) is 37.1 Å². The Kier molecular flexibility index (Phi) is 4.13. The van der Waals surface area contributed by atoms with Crippen molar-refractivity contribution < 1.29 is 9.53 Å². The third kappa shape index (κ3) is 2.86. The molecular weight excluding hydrogens is 224 g/mol. The van der Waals surface area contributed by atoms with E-state index in [-0.39, 0.29) is 5.78 Å². The van der Waals surface area contributed by atoms with Gasteiger partial charge in [0.1, 0.15) is 11.5 Å². The second-order valence-electron chi connectivity index (χ2n) is 3.80. The van der Waals surface area contributed by atoms with Crippen molar-refractivity contribution in [2.24, 2.45) is 0 Å². The summed E-state index contributed by atoms with van der Waals surface area (Å²) in [6.07, 6.45) is 0.348. The standard InChI is InChI=1S/C13H15ClO2/c1-8(2)11-6-10(5-9(3)15)13(16-4)7-12(11)14/h6-7H,1,5H2,2-4H3. The van der Waals surface area contributed by atoms with Crippen LogP contribution in [0.15, 0.2) is 18.7 Å². The summed E-state index contributed by atoms with van der Waals surface area (Å²) in [5.41, 5.74) is 2.58. The van der Waals surface area contributed by atoms with Gasteiger partial charge >= 0.3 is 0 Å². The minimum atomic E-state index is 0.0910. The molecule has 0 bridgehead atoms. The van der Waals surface area contributed by atoms with E-state index < -0.39 is 0 Å². The third-order valence-electron chi connectivity index (χ3n) is 2.27. The Bertz CT molecular complexity index is 436. The average Bonchev–Trinajstić information content (AvgIpc) is 2.18. The molecule has 3 heteroatoms. The molecule has 0 radical (unpaired) electrons. The molecule has 0 fully saturated rings. The van der Waals surface area contributed by atoms with E-state index in [4.69, 9.17) is 16.3 Å². The first kappa shape index (κ1) is 12.8. The van der Waals surface area contributed by atoms with Crippen LogP contribution in [0.25, 0.3) is 5.57 Å². The molecule has 0 amide bonds. The first-order chi connectivity index (χ1) is 7.45. The molecule has 1 aromatic carbocycles. The van der Waals surface area contributed by atoms with Crippen LogP contribution in [-0.2, 0) is 11.2 Å². The predicted octanol–water partition coefficient (Wildman–Crippen LogP) is 3.51. The molecule has 0 unspecified atom stereocenters. The first-order valence-electron chi connectivity index (χ1n) is 4.97. The van der Waals surface area contributed by atoms with Crippen molar-refractivity contribution in [3.63, 3.8) is 0 Å². The summed E-state index contributed by atoms with van der Waals surface area (Å²) in [5, 5.41) is 0.594. The number of allylic oxidation sites excluding steroid dienone is 1. The van der Waals surface area contributed by atoms with E-state index in [9.17, 15) is 4.79 Å². The van der Waals surface area contributed by atoms with Crippen LogP contribution in [0.3, 0.4) is 0 Å². The number of rotatable bonds is 4. The number of methoxy groups -OCH3 is 1.